The molecule has 6 nitrogen and oxygen atoms in total. The molecule has 0 N–H and O–H groups in total. The highest BCUT2D eigenvalue weighted by Crippen LogP contribution is 2.34. The molecule has 1 aromatic heterocycles. The Morgan fingerprint density at radius 3 is 2.74 bits per heavy atom. The maximum absolute atomic E-state index is 11.1. The van der Waals surface area contributed by atoms with Gasteiger partial charge in [0.15, 0.2) is 0 Å². The van der Waals surface area contributed by atoms with Gasteiger partial charge in [0.05, 0.1) is 4.92 Å². The predicted octanol–water partition coefficient (Wildman–Crippen LogP) is 3.45. The van der Waals surface area contributed by atoms with Gasteiger partial charge in [0, 0.05) is 11.1 Å². The Morgan fingerprint density at radius 1 is 1.32 bits per heavy atom. The van der Waals surface area contributed by atoms with E-state index in [0.29, 0.717) is 11.1 Å². The van der Waals surface area contributed by atoms with Gasteiger partial charge in [-0.3, -0.25) is 10.1 Å². The summed E-state index contributed by atoms with van der Waals surface area (Å²) < 4.78 is 5.49. The topological polar surface area (TPSA) is 78.2 Å². The fourth-order valence-corrected chi connectivity index (χ4v) is 1.69. The Hall–Kier alpha value is -2.21. The zero-order chi connectivity index (χ0) is 14.0. The van der Waals surface area contributed by atoms with Gasteiger partial charge in [-0.05, 0) is 19.9 Å². The molecule has 0 fully saturated rings. The molecule has 0 unspecified atom stereocenters. The summed E-state index contributed by atoms with van der Waals surface area (Å²) >= 11 is 5.85. The lowest BCUT2D eigenvalue weighted by Gasteiger charge is -2.09. The molecule has 1 heterocycles. The number of aryl methyl sites for hydroxylation is 1. The molecular formula is C12H10ClN3O3. The van der Waals surface area contributed by atoms with Gasteiger partial charge in [-0.2, -0.15) is 0 Å². The molecule has 19 heavy (non-hydrogen) atoms. The fourth-order valence-electron chi connectivity index (χ4n) is 1.57. The maximum Gasteiger partial charge on any atom is 0.314 e. The van der Waals surface area contributed by atoms with E-state index in [4.69, 9.17) is 16.3 Å². The quantitative estimate of drug-likeness (QED) is 0.488. The van der Waals surface area contributed by atoms with Crippen molar-refractivity contribution in [3.05, 3.63) is 50.9 Å². The first kappa shape index (κ1) is 13.2. The Labute approximate surface area is 114 Å². The van der Waals surface area contributed by atoms with Crippen molar-refractivity contribution in [1.29, 1.82) is 0 Å². The fraction of sp³-hybridized carbons (Fsp3) is 0.167. The molecule has 0 bridgehead atoms. The van der Waals surface area contributed by atoms with Crippen LogP contribution >= 0.6 is 11.6 Å². The molecule has 0 saturated heterocycles. The molecule has 0 radical (unpaired) electrons. The van der Waals surface area contributed by atoms with Crippen molar-refractivity contribution in [3.63, 3.8) is 0 Å². The summed E-state index contributed by atoms with van der Waals surface area (Å²) in [7, 11) is 0. The molecule has 0 amide bonds. The molecular weight excluding hydrogens is 270 g/mol. The number of halogens is 1. The van der Waals surface area contributed by atoms with Crippen LogP contribution in [0, 0.1) is 24.0 Å². The Morgan fingerprint density at radius 2 is 2.05 bits per heavy atom. The van der Waals surface area contributed by atoms with E-state index in [1.54, 1.807) is 26.0 Å². The van der Waals surface area contributed by atoms with Crippen LogP contribution in [-0.4, -0.2) is 14.9 Å². The van der Waals surface area contributed by atoms with E-state index < -0.39 is 4.92 Å². The summed E-state index contributed by atoms with van der Waals surface area (Å²) in [5, 5.41) is 11.3. The van der Waals surface area contributed by atoms with Crippen LogP contribution in [0.2, 0.25) is 5.15 Å². The number of rotatable bonds is 3. The van der Waals surface area contributed by atoms with Crippen molar-refractivity contribution in [2.45, 2.75) is 13.8 Å². The van der Waals surface area contributed by atoms with Crippen molar-refractivity contribution in [3.8, 4) is 11.6 Å². The first-order valence-electron chi connectivity index (χ1n) is 5.39. The van der Waals surface area contributed by atoms with Crippen LogP contribution in [-0.2, 0) is 0 Å². The minimum atomic E-state index is -0.483. The van der Waals surface area contributed by atoms with Gasteiger partial charge in [0.2, 0.25) is 11.6 Å². The summed E-state index contributed by atoms with van der Waals surface area (Å²) in [5.74, 6) is 0.330. The second-order valence-corrected chi connectivity index (χ2v) is 4.23. The second-order valence-electron chi connectivity index (χ2n) is 3.88. The van der Waals surface area contributed by atoms with Gasteiger partial charge in [-0.25, -0.2) is 9.97 Å². The molecule has 2 rings (SSSR count). The highest BCUT2D eigenvalue weighted by molar-refractivity contribution is 6.30. The first-order chi connectivity index (χ1) is 9.00. The lowest BCUT2D eigenvalue weighted by molar-refractivity contribution is -0.386. The number of nitrogens with zero attached hydrogens (tertiary/aromatic N) is 3. The summed E-state index contributed by atoms with van der Waals surface area (Å²) in [5.41, 5.74) is 0.955. The third-order valence-corrected chi connectivity index (χ3v) is 2.95. The molecule has 2 aromatic rings. The minimum absolute atomic E-state index is 0.0864. The Kier molecular flexibility index (Phi) is 3.62. The number of ether oxygens (including phenoxy) is 1. The SMILES string of the molecule is Cc1cccc(Oc2ncnc(Cl)c2C)c1[N+](=O)[O-]. The number of aromatic nitrogens is 2. The summed E-state index contributed by atoms with van der Waals surface area (Å²) in [6.07, 6.45) is 1.24. The molecule has 0 atom stereocenters. The van der Waals surface area contributed by atoms with E-state index in [1.165, 1.54) is 12.4 Å². The molecule has 0 saturated carbocycles. The zero-order valence-electron chi connectivity index (χ0n) is 10.3. The molecule has 0 spiro atoms. The monoisotopic (exact) mass is 279 g/mol. The normalized spacial score (nSPS) is 10.3. The van der Waals surface area contributed by atoms with E-state index in [9.17, 15) is 10.1 Å². The van der Waals surface area contributed by atoms with Crippen LogP contribution in [0.5, 0.6) is 11.6 Å². The van der Waals surface area contributed by atoms with Crippen LogP contribution < -0.4 is 4.74 Å². The van der Waals surface area contributed by atoms with Crippen LogP contribution in [0.25, 0.3) is 0 Å². The van der Waals surface area contributed by atoms with Crippen molar-refractivity contribution in [1.82, 2.24) is 9.97 Å². The van der Waals surface area contributed by atoms with Crippen LogP contribution in [0.15, 0.2) is 24.5 Å². The first-order valence-corrected chi connectivity index (χ1v) is 5.77. The lowest BCUT2D eigenvalue weighted by atomic mass is 10.2. The largest absolute Gasteiger partial charge is 0.431 e. The van der Waals surface area contributed by atoms with E-state index in [2.05, 4.69) is 9.97 Å². The third-order valence-electron chi connectivity index (χ3n) is 2.57. The predicted molar refractivity (Wildman–Crippen MR) is 69.7 cm³/mol. The lowest BCUT2D eigenvalue weighted by Crippen LogP contribution is -1.98. The van der Waals surface area contributed by atoms with E-state index in [0.717, 1.165) is 0 Å². The summed E-state index contributed by atoms with van der Waals surface area (Å²) in [4.78, 5) is 18.3. The highest BCUT2D eigenvalue weighted by atomic mass is 35.5. The van der Waals surface area contributed by atoms with Crippen molar-refractivity contribution < 1.29 is 9.66 Å². The van der Waals surface area contributed by atoms with Crippen LogP contribution in [0.4, 0.5) is 5.69 Å². The van der Waals surface area contributed by atoms with Gasteiger partial charge in [-0.15, -0.1) is 0 Å². The maximum atomic E-state index is 11.1. The molecule has 0 aliphatic heterocycles. The van der Waals surface area contributed by atoms with Gasteiger partial charge in [0.1, 0.15) is 11.5 Å². The van der Waals surface area contributed by atoms with Crippen LogP contribution in [0.1, 0.15) is 11.1 Å². The highest BCUT2D eigenvalue weighted by Gasteiger charge is 2.20. The number of hydrogen-bond donors (Lipinski definition) is 0. The second kappa shape index (κ2) is 5.19. The van der Waals surface area contributed by atoms with Crippen molar-refractivity contribution in [2.24, 2.45) is 0 Å². The van der Waals surface area contributed by atoms with Crippen molar-refractivity contribution in [2.75, 3.05) is 0 Å². The number of hydrogen-bond acceptors (Lipinski definition) is 5. The number of para-hydroxylation sites is 1. The molecule has 7 heteroatoms. The number of benzene rings is 1. The molecule has 98 valence electrons. The van der Waals surface area contributed by atoms with E-state index in [-0.39, 0.29) is 22.5 Å². The smallest absolute Gasteiger partial charge is 0.314 e. The third kappa shape index (κ3) is 2.63. The molecule has 0 aliphatic rings. The van der Waals surface area contributed by atoms with Gasteiger partial charge in [-0.1, -0.05) is 23.7 Å². The summed E-state index contributed by atoms with van der Waals surface area (Å²) in [6.45, 7) is 3.32. The van der Waals surface area contributed by atoms with Gasteiger partial charge >= 0.3 is 5.69 Å². The Bertz CT molecular complexity index is 646. The Balaban J connectivity index is 2.47. The van der Waals surface area contributed by atoms with E-state index >= 15 is 0 Å². The standard InChI is InChI=1S/C12H10ClN3O3/c1-7-4-3-5-9(10(7)16(17)18)19-12-8(2)11(13)14-6-15-12/h3-6H,1-2H3. The molecule has 1 aromatic carbocycles. The zero-order valence-corrected chi connectivity index (χ0v) is 11.0. The number of nitro groups is 1. The summed E-state index contributed by atoms with van der Waals surface area (Å²) in [6, 6.07) is 4.83. The van der Waals surface area contributed by atoms with Gasteiger partial charge < -0.3 is 4.74 Å². The average molecular weight is 280 g/mol. The molecule has 0 aliphatic carbocycles. The number of nitro benzene ring substituents is 1. The van der Waals surface area contributed by atoms with Crippen molar-refractivity contribution >= 4 is 17.3 Å². The van der Waals surface area contributed by atoms with Gasteiger partial charge in [0.25, 0.3) is 0 Å². The van der Waals surface area contributed by atoms with E-state index in [1.807, 2.05) is 0 Å². The van der Waals surface area contributed by atoms with Crippen LogP contribution in [0.3, 0.4) is 0 Å². The average Bonchev–Trinajstić information content (AvgIpc) is 2.34. The minimum Gasteiger partial charge on any atom is -0.431 e.